The van der Waals surface area contributed by atoms with E-state index in [1.807, 2.05) is 7.05 Å². The fraction of sp³-hybridized carbons (Fsp3) is 0.286. The lowest BCUT2D eigenvalue weighted by molar-refractivity contribution is 1.19. The molecule has 0 fully saturated rings. The molecule has 76 valence electrons. The fourth-order valence-electron chi connectivity index (χ4n) is 1.14. The minimum absolute atomic E-state index is 0. The number of aromatic amines is 1. The molecule has 0 atom stereocenters. The van der Waals surface area contributed by atoms with E-state index in [2.05, 4.69) is 30.6 Å². The molecule has 6 nitrogen and oxygen atoms in total. The number of anilines is 2. The van der Waals surface area contributed by atoms with E-state index in [4.69, 9.17) is 0 Å². The van der Waals surface area contributed by atoms with Gasteiger partial charge in [-0.1, -0.05) is 0 Å². The lowest BCUT2D eigenvalue weighted by Crippen LogP contribution is -1.94. The molecule has 0 saturated carbocycles. The highest BCUT2D eigenvalue weighted by Crippen LogP contribution is 2.17. The Morgan fingerprint density at radius 2 is 2.00 bits per heavy atom. The molecular weight excluding hydrogens is 204 g/mol. The Bertz CT molecular complexity index is 425. The Morgan fingerprint density at radius 1 is 1.21 bits per heavy atom. The van der Waals surface area contributed by atoms with Crippen molar-refractivity contribution in [2.75, 3.05) is 24.7 Å². The van der Waals surface area contributed by atoms with Gasteiger partial charge in [0.05, 0.1) is 0 Å². The number of imidazole rings is 1. The van der Waals surface area contributed by atoms with Crippen LogP contribution >= 0.6 is 12.4 Å². The predicted octanol–water partition coefficient (Wildman–Crippen LogP) is 0.858. The molecule has 0 unspecified atom stereocenters. The lowest BCUT2D eigenvalue weighted by atomic mass is 10.5. The third-order valence-corrected chi connectivity index (χ3v) is 1.76. The van der Waals surface area contributed by atoms with Gasteiger partial charge in [-0.25, -0.2) is 9.97 Å². The number of fused-ring (bicyclic) bond motifs is 1. The summed E-state index contributed by atoms with van der Waals surface area (Å²) in [6.45, 7) is 0. The van der Waals surface area contributed by atoms with E-state index >= 15 is 0 Å². The number of halogens is 1. The van der Waals surface area contributed by atoms with Crippen LogP contribution in [0.15, 0.2) is 6.33 Å². The smallest absolute Gasteiger partial charge is 0.202 e. The topological polar surface area (TPSA) is 78.5 Å². The Kier molecular flexibility index (Phi) is 3.08. The molecule has 2 aromatic rings. The SMILES string of the molecule is CNc1nc2ncnc(NC)c2[nH]1.Cl. The van der Waals surface area contributed by atoms with Gasteiger partial charge >= 0.3 is 0 Å². The molecule has 7 heteroatoms. The number of H-pyrrole nitrogens is 1. The zero-order chi connectivity index (χ0) is 9.26. The summed E-state index contributed by atoms with van der Waals surface area (Å²) >= 11 is 0. The molecule has 0 aromatic carbocycles. The molecule has 0 aliphatic heterocycles. The van der Waals surface area contributed by atoms with Gasteiger partial charge in [-0.2, -0.15) is 4.98 Å². The van der Waals surface area contributed by atoms with Crippen molar-refractivity contribution >= 4 is 35.3 Å². The van der Waals surface area contributed by atoms with Gasteiger partial charge in [0.15, 0.2) is 11.5 Å². The second-order valence-corrected chi connectivity index (χ2v) is 2.51. The maximum Gasteiger partial charge on any atom is 0.202 e. The maximum absolute atomic E-state index is 4.18. The van der Waals surface area contributed by atoms with Gasteiger partial charge in [0.1, 0.15) is 11.8 Å². The summed E-state index contributed by atoms with van der Waals surface area (Å²) in [5.74, 6) is 1.44. The van der Waals surface area contributed by atoms with Crippen LogP contribution in [-0.2, 0) is 0 Å². The average molecular weight is 215 g/mol. The molecular formula is C7H11ClN6. The van der Waals surface area contributed by atoms with E-state index < -0.39 is 0 Å². The first-order valence-corrected chi connectivity index (χ1v) is 3.91. The summed E-state index contributed by atoms with van der Waals surface area (Å²) < 4.78 is 0. The van der Waals surface area contributed by atoms with E-state index in [1.165, 1.54) is 6.33 Å². The van der Waals surface area contributed by atoms with Gasteiger partial charge < -0.3 is 15.6 Å². The molecule has 0 radical (unpaired) electrons. The third-order valence-electron chi connectivity index (χ3n) is 1.76. The highest BCUT2D eigenvalue weighted by atomic mass is 35.5. The molecule has 2 aromatic heterocycles. The van der Waals surface area contributed by atoms with Crippen molar-refractivity contribution in [1.29, 1.82) is 0 Å². The molecule has 2 rings (SSSR count). The van der Waals surface area contributed by atoms with Gasteiger partial charge in [-0.3, -0.25) is 0 Å². The van der Waals surface area contributed by atoms with Gasteiger partial charge in [-0.05, 0) is 0 Å². The molecule has 0 amide bonds. The minimum Gasteiger partial charge on any atom is -0.371 e. The number of hydrogen-bond donors (Lipinski definition) is 3. The van der Waals surface area contributed by atoms with Crippen LogP contribution in [0.4, 0.5) is 11.8 Å². The van der Waals surface area contributed by atoms with E-state index in [-0.39, 0.29) is 12.4 Å². The Morgan fingerprint density at radius 3 is 2.64 bits per heavy atom. The number of nitrogens with zero attached hydrogens (tertiary/aromatic N) is 3. The van der Waals surface area contributed by atoms with E-state index in [9.17, 15) is 0 Å². The summed E-state index contributed by atoms with van der Waals surface area (Å²) in [6, 6.07) is 0. The van der Waals surface area contributed by atoms with Crippen LogP contribution < -0.4 is 10.6 Å². The fourth-order valence-corrected chi connectivity index (χ4v) is 1.14. The van der Waals surface area contributed by atoms with Crippen LogP contribution in [-0.4, -0.2) is 34.0 Å². The first-order chi connectivity index (χ1) is 6.35. The zero-order valence-electron chi connectivity index (χ0n) is 7.83. The third kappa shape index (κ3) is 1.56. The van der Waals surface area contributed by atoms with Crippen molar-refractivity contribution in [3.05, 3.63) is 6.33 Å². The zero-order valence-corrected chi connectivity index (χ0v) is 8.64. The molecule has 0 bridgehead atoms. The van der Waals surface area contributed by atoms with Crippen molar-refractivity contribution in [3.63, 3.8) is 0 Å². The first kappa shape index (κ1) is 10.5. The molecule has 0 aliphatic carbocycles. The molecule has 0 aliphatic rings. The monoisotopic (exact) mass is 214 g/mol. The average Bonchev–Trinajstić information content (AvgIpc) is 2.59. The minimum atomic E-state index is 0. The molecule has 2 heterocycles. The van der Waals surface area contributed by atoms with Gasteiger partial charge in [0, 0.05) is 14.1 Å². The summed E-state index contributed by atoms with van der Waals surface area (Å²) in [5, 5.41) is 5.86. The van der Waals surface area contributed by atoms with Crippen molar-refractivity contribution in [1.82, 2.24) is 19.9 Å². The van der Waals surface area contributed by atoms with Crippen LogP contribution in [0.2, 0.25) is 0 Å². The highest BCUT2D eigenvalue weighted by molar-refractivity contribution is 5.85. The molecule has 0 saturated heterocycles. The van der Waals surface area contributed by atoms with Crippen LogP contribution in [0.5, 0.6) is 0 Å². The Labute approximate surface area is 87.0 Å². The van der Waals surface area contributed by atoms with E-state index in [1.54, 1.807) is 7.05 Å². The number of nitrogens with one attached hydrogen (secondary N) is 3. The van der Waals surface area contributed by atoms with Crippen LogP contribution in [0.25, 0.3) is 11.2 Å². The predicted molar refractivity (Wildman–Crippen MR) is 58.0 cm³/mol. The second-order valence-electron chi connectivity index (χ2n) is 2.51. The number of aromatic nitrogens is 4. The summed E-state index contributed by atoms with van der Waals surface area (Å²) in [5.41, 5.74) is 1.47. The normalized spacial score (nSPS) is 9.57. The van der Waals surface area contributed by atoms with Crippen molar-refractivity contribution in [2.45, 2.75) is 0 Å². The van der Waals surface area contributed by atoms with Crippen LogP contribution in [0, 0.1) is 0 Å². The van der Waals surface area contributed by atoms with Crippen molar-refractivity contribution in [3.8, 4) is 0 Å². The summed E-state index contributed by atoms with van der Waals surface area (Å²) in [4.78, 5) is 15.3. The standard InChI is InChI=1S/C7H10N6.ClH/c1-8-5-4-6(11-3-10-5)13-7(9-2)12-4;/h3H,1-2H3,(H3,8,9,10,11,12,13);1H. The van der Waals surface area contributed by atoms with E-state index in [0.29, 0.717) is 11.6 Å². The molecule has 14 heavy (non-hydrogen) atoms. The van der Waals surface area contributed by atoms with Gasteiger partial charge in [0.2, 0.25) is 5.95 Å². The summed E-state index contributed by atoms with van der Waals surface area (Å²) in [7, 11) is 3.60. The number of rotatable bonds is 2. The largest absolute Gasteiger partial charge is 0.371 e. The Hall–Kier alpha value is -1.56. The van der Waals surface area contributed by atoms with Gasteiger partial charge in [-0.15, -0.1) is 12.4 Å². The Balaban J connectivity index is 0.000000980. The van der Waals surface area contributed by atoms with Crippen LogP contribution in [0.3, 0.4) is 0 Å². The summed E-state index contributed by atoms with van der Waals surface area (Å²) in [6.07, 6.45) is 1.48. The van der Waals surface area contributed by atoms with Crippen molar-refractivity contribution < 1.29 is 0 Å². The quantitative estimate of drug-likeness (QED) is 0.691. The van der Waals surface area contributed by atoms with E-state index in [0.717, 1.165) is 11.3 Å². The van der Waals surface area contributed by atoms with Crippen molar-refractivity contribution in [2.24, 2.45) is 0 Å². The van der Waals surface area contributed by atoms with Crippen LogP contribution in [0.1, 0.15) is 0 Å². The molecule has 0 spiro atoms. The second kappa shape index (κ2) is 4.10. The highest BCUT2D eigenvalue weighted by Gasteiger charge is 2.06. The van der Waals surface area contributed by atoms with Gasteiger partial charge in [0.25, 0.3) is 0 Å². The first-order valence-electron chi connectivity index (χ1n) is 3.91. The molecule has 3 N–H and O–H groups in total. The number of hydrogen-bond acceptors (Lipinski definition) is 5. The maximum atomic E-state index is 4.18. The lowest BCUT2D eigenvalue weighted by Gasteiger charge is -1.96.